The van der Waals surface area contributed by atoms with Crippen molar-refractivity contribution >= 4 is 0 Å². The van der Waals surface area contributed by atoms with Gasteiger partial charge >= 0.3 is 0 Å². The molecule has 0 saturated carbocycles. The molecule has 4 aromatic rings. The fraction of sp³-hybridized carbons (Fsp3) is 0.0952. The largest absolute Gasteiger partial charge is 0.507 e. The van der Waals surface area contributed by atoms with Crippen LogP contribution in [0.3, 0.4) is 0 Å². The molecule has 2 N–H and O–H groups in total. The SMILES string of the molecule is Cc1cnc(COc2ccc(-c3cnc(-c4ccc(F)nc4)[nH]3)c(O)c2)c(F)c1. The minimum absolute atomic E-state index is 0.0349. The molecule has 29 heavy (non-hydrogen) atoms. The van der Waals surface area contributed by atoms with E-state index in [4.69, 9.17) is 4.74 Å². The van der Waals surface area contributed by atoms with Crippen molar-refractivity contribution in [2.24, 2.45) is 0 Å². The maximum Gasteiger partial charge on any atom is 0.212 e. The first-order chi connectivity index (χ1) is 14.0. The number of phenols is 1. The molecule has 3 aromatic heterocycles. The molecule has 0 radical (unpaired) electrons. The van der Waals surface area contributed by atoms with Crippen LogP contribution in [0.5, 0.6) is 11.5 Å². The standard InChI is InChI=1S/C21H16F2N4O2/c1-12-6-16(22)18(24-8-12)11-29-14-3-4-15(19(28)7-14)17-10-26-21(27-17)13-2-5-20(23)25-9-13/h2-10,28H,11H2,1H3,(H,26,27). The lowest BCUT2D eigenvalue weighted by molar-refractivity contribution is 0.292. The Kier molecular flexibility index (Phi) is 4.90. The van der Waals surface area contributed by atoms with Gasteiger partial charge in [-0.25, -0.2) is 14.4 Å². The van der Waals surface area contributed by atoms with Crippen molar-refractivity contribution in [2.75, 3.05) is 0 Å². The van der Waals surface area contributed by atoms with Gasteiger partial charge in [-0.15, -0.1) is 0 Å². The Morgan fingerprint density at radius 1 is 1.00 bits per heavy atom. The van der Waals surface area contributed by atoms with Crippen LogP contribution in [0.1, 0.15) is 11.3 Å². The Hall–Kier alpha value is -3.81. The van der Waals surface area contributed by atoms with Crippen LogP contribution >= 0.6 is 0 Å². The second kappa shape index (κ2) is 7.67. The summed E-state index contributed by atoms with van der Waals surface area (Å²) >= 11 is 0. The third-order valence-corrected chi connectivity index (χ3v) is 4.27. The number of pyridine rings is 2. The fourth-order valence-corrected chi connectivity index (χ4v) is 2.77. The number of H-pyrrole nitrogens is 1. The van der Waals surface area contributed by atoms with Crippen molar-refractivity contribution in [3.63, 3.8) is 0 Å². The molecule has 0 saturated heterocycles. The predicted molar refractivity (Wildman–Crippen MR) is 102 cm³/mol. The molecule has 0 bridgehead atoms. The lowest BCUT2D eigenvalue weighted by atomic mass is 10.1. The normalized spacial score (nSPS) is 10.9. The minimum atomic E-state index is -0.575. The topological polar surface area (TPSA) is 83.9 Å². The van der Waals surface area contributed by atoms with Crippen LogP contribution < -0.4 is 4.74 Å². The highest BCUT2D eigenvalue weighted by Crippen LogP contribution is 2.32. The van der Waals surface area contributed by atoms with Gasteiger partial charge in [0.05, 0.1) is 11.9 Å². The molecule has 0 aliphatic rings. The molecule has 0 amide bonds. The molecule has 0 aliphatic carbocycles. The van der Waals surface area contributed by atoms with Crippen molar-refractivity contribution in [1.82, 2.24) is 19.9 Å². The third-order valence-electron chi connectivity index (χ3n) is 4.27. The number of rotatable bonds is 5. The van der Waals surface area contributed by atoms with Crippen molar-refractivity contribution in [3.05, 3.63) is 78.0 Å². The van der Waals surface area contributed by atoms with Crippen molar-refractivity contribution in [2.45, 2.75) is 13.5 Å². The summed E-state index contributed by atoms with van der Waals surface area (Å²) in [4.78, 5) is 14.9. The second-order valence-corrected chi connectivity index (χ2v) is 6.42. The van der Waals surface area contributed by atoms with E-state index in [-0.39, 0.29) is 18.1 Å². The number of nitrogens with zero attached hydrogens (tertiary/aromatic N) is 3. The summed E-state index contributed by atoms with van der Waals surface area (Å²) in [7, 11) is 0. The Bertz CT molecular complexity index is 1160. The molecule has 0 aliphatic heterocycles. The summed E-state index contributed by atoms with van der Waals surface area (Å²) in [5, 5.41) is 10.4. The monoisotopic (exact) mass is 394 g/mol. The molecule has 0 unspecified atom stereocenters. The maximum absolute atomic E-state index is 13.9. The Labute approximate surface area is 164 Å². The third kappa shape index (κ3) is 4.06. The number of aromatic hydroxyl groups is 1. The van der Waals surface area contributed by atoms with Crippen LogP contribution in [0.25, 0.3) is 22.6 Å². The van der Waals surface area contributed by atoms with E-state index in [0.717, 1.165) is 5.56 Å². The van der Waals surface area contributed by atoms with Crippen LogP contribution in [-0.2, 0) is 6.61 Å². The van der Waals surface area contributed by atoms with Gasteiger partial charge < -0.3 is 14.8 Å². The van der Waals surface area contributed by atoms with E-state index in [1.807, 2.05) is 0 Å². The molecule has 6 nitrogen and oxygen atoms in total. The molecule has 4 rings (SSSR count). The van der Waals surface area contributed by atoms with Gasteiger partial charge in [0.15, 0.2) is 0 Å². The van der Waals surface area contributed by atoms with Crippen LogP contribution in [-0.4, -0.2) is 25.0 Å². The summed E-state index contributed by atoms with van der Waals surface area (Å²) in [6.45, 7) is 1.70. The average Bonchev–Trinajstić information content (AvgIpc) is 3.18. The molecule has 0 spiro atoms. The summed E-state index contributed by atoms with van der Waals surface area (Å²) < 4.78 is 32.4. The van der Waals surface area contributed by atoms with Crippen LogP contribution in [0, 0.1) is 18.7 Å². The Morgan fingerprint density at radius 2 is 1.86 bits per heavy atom. The number of nitrogens with one attached hydrogen (secondary N) is 1. The number of ether oxygens (including phenoxy) is 1. The van der Waals surface area contributed by atoms with Gasteiger partial charge in [-0.1, -0.05) is 0 Å². The summed E-state index contributed by atoms with van der Waals surface area (Å²) in [5.41, 5.74) is 2.60. The number of imidazole rings is 1. The maximum atomic E-state index is 13.9. The van der Waals surface area contributed by atoms with E-state index in [2.05, 4.69) is 19.9 Å². The van der Waals surface area contributed by atoms with Gasteiger partial charge in [-0.3, -0.25) is 4.98 Å². The van der Waals surface area contributed by atoms with Crippen LogP contribution in [0.15, 0.2) is 55.0 Å². The Balaban J connectivity index is 1.51. The number of aromatic amines is 1. The smallest absolute Gasteiger partial charge is 0.212 e. The molecule has 0 fully saturated rings. The van der Waals surface area contributed by atoms with E-state index in [0.29, 0.717) is 28.4 Å². The number of halogens is 2. The molecular weight excluding hydrogens is 378 g/mol. The highest BCUT2D eigenvalue weighted by atomic mass is 19.1. The summed E-state index contributed by atoms with van der Waals surface area (Å²) in [5.74, 6) is -0.184. The molecule has 146 valence electrons. The quantitative estimate of drug-likeness (QED) is 0.490. The summed E-state index contributed by atoms with van der Waals surface area (Å²) in [6.07, 6.45) is 4.49. The second-order valence-electron chi connectivity index (χ2n) is 6.42. The van der Waals surface area contributed by atoms with Crippen LogP contribution in [0.2, 0.25) is 0 Å². The Morgan fingerprint density at radius 3 is 2.59 bits per heavy atom. The van der Waals surface area contributed by atoms with Gasteiger partial charge in [0.25, 0.3) is 0 Å². The van der Waals surface area contributed by atoms with Crippen molar-refractivity contribution in [3.8, 4) is 34.1 Å². The van der Waals surface area contributed by atoms with Crippen molar-refractivity contribution < 1.29 is 18.6 Å². The highest BCUT2D eigenvalue weighted by Gasteiger charge is 2.12. The number of aromatic nitrogens is 4. The molecule has 3 heterocycles. The first-order valence-corrected chi connectivity index (χ1v) is 8.74. The highest BCUT2D eigenvalue weighted by molar-refractivity contribution is 5.70. The zero-order valence-electron chi connectivity index (χ0n) is 15.4. The lowest BCUT2D eigenvalue weighted by Crippen LogP contribution is -2.02. The van der Waals surface area contributed by atoms with Crippen molar-refractivity contribution in [1.29, 1.82) is 0 Å². The molecule has 8 heteroatoms. The first-order valence-electron chi connectivity index (χ1n) is 8.74. The van der Waals surface area contributed by atoms with Gasteiger partial charge in [0.2, 0.25) is 5.95 Å². The van der Waals surface area contributed by atoms with E-state index < -0.39 is 11.8 Å². The van der Waals surface area contributed by atoms with E-state index in [1.165, 1.54) is 24.4 Å². The van der Waals surface area contributed by atoms with E-state index in [1.54, 1.807) is 37.5 Å². The molecule has 0 atom stereocenters. The average molecular weight is 394 g/mol. The number of hydrogen-bond donors (Lipinski definition) is 2. The van der Waals surface area contributed by atoms with Gasteiger partial charge in [0, 0.05) is 29.6 Å². The van der Waals surface area contributed by atoms with E-state index >= 15 is 0 Å². The fourth-order valence-electron chi connectivity index (χ4n) is 2.77. The zero-order valence-corrected chi connectivity index (χ0v) is 15.4. The van der Waals surface area contributed by atoms with E-state index in [9.17, 15) is 13.9 Å². The van der Waals surface area contributed by atoms with Gasteiger partial charge in [0.1, 0.15) is 35.4 Å². The zero-order chi connectivity index (χ0) is 20.4. The number of aryl methyl sites for hydroxylation is 1. The predicted octanol–water partition coefficient (Wildman–Crippen LogP) is 4.40. The molecule has 1 aromatic carbocycles. The minimum Gasteiger partial charge on any atom is -0.507 e. The first kappa shape index (κ1) is 18.5. The number of hydrogen-bond acceptors (Lipinski definition) is 5. The number of benzene rings is 1. The van der Waals surface area contributed by atoms with Gasteiger partial charge in [-0.05, 0) is 42.8 Å². The number of phenolic OH excluding ortho intramolecular Hbond substituents is 1. The van der Waals surface area contributed by atoms with Crippen LogP contribution in [0.4, 0.5) is 8.78 Å². The lowest BCUT2D eigenvalue weighted by Gasteiger charge is -2.09. The molecular formula is C21H16F2N4O2. The summed E-state index contributed by atoms with van der Waals surface area (Å²) in [6, 6.07) is 8.93. The van der Waals surface area contributed by atoms with Gasteiger partial charge in [-0.2, -0.15) is 4.39 Å².